The molecular formula is C91H123N19O17S. The maximum absolute atomic E-state index is 15.6. The van der Waals surface area contributed by atoms with E-state index in [0.29, 0.717) is 36.0 Å². The minimum absolute atomic E-state index is 0.00335. The fourth-order valence-corrected chi connectivity index (χ4v) is 16.3. The summed E-state index contributed by atoms with van der Waals surface area (Å²) in [6, 6.07) is 24.5. The van der Waals surface area contributed by atoms with E-state index in [-0.39, 0.29) is 102 Å². The van der Waals surface area contributed by atoms with Gasteiger partial charge in [0.1, 0.15) is 72.5 Å². The van der Waals surface area contributed by atoms with Crippen molar-refractivity contribution >= 4 is 112 Å². The van der Waals surface area contributed by atoms with Gasteiger partial charge in [0, 0.05) is 51.7 Å². The zero-order valence-electron chi connectivity index (χ0n) is 73.5. The maximum atomic E-state index is 15.6. The summed E-state index contributed by atoms with van der Waals surface area (Å²) in [7, 11) is 1.32. The third-order valence-corrected chi connectivity index (χ3v) is 23.3. The number of nitrogens with two attached hydrogens (primary N) is 3. The Bertz CT molecular complexity index is 4690. The highest BCUT2D eigenvalue weighted by Gasteiger charge is 2.44. The number of likely N-dealkylation sites (N-methyl/N-ethyl adjacent to an activating group) is 1. The van der Waals surface area contributed by atoms with Crippen LogP contribution in [0.1, 0.15) is 129 Å². The lowest BCUT2D eigenvalue weighted by molar-refractivity contribution is -0.145. The second-order valence-corrected chi connectivity index (χ2v) is 34.6. The molecule has 5 aromatic carbocycles. The number of hydrogen-bond acceptors (Lipinski definition) is 19. The number of fused-ring (bicyclic) bond motifs is 2. The second-order valence-electron chi connectivity index (χ2n) is 33.6. The number of nitrogens with zero attached hydrogens (tertiary/aromatic N) is 3. The van der Waals surface area contributed by atoms with Gasteiger partial charge >= 0.3 is 5.97 Å². The van der Waals surface area contributed by atoms with Gasteiger partial charge in [-0.05, 0) is 127 Å². The number of primary amides is 1. The van der Waals surface area contributed by atoms with E-state index < -0.39 is 210 Å². The minimum Gasteiger partial charge on any atom is -0.481 e. The van der Waals surface area contributed by atoms with Crippen molar-refractivity contribution in [2.24, 2.45) is 35.0 Å². The molecule has 0 aliphatic carbocycles. The van der Waals surface area contributed by atoms with Gasteiger partial charge in [-0.25, -0.2) is 0 Å². The molecule has 36 nitrogen and oxygen atoms in total. The number of benzene rings is 5. The van der Waals surface area contributed by atoms with Crippen LogP contribution in [0.3, 0.4) is 0 Å². The molecule has 12 atom stereocenters. The number of unbranched alkanes of at least 4 members (excludes halogenated alkanes) is 1. The third kappa shape index (κ3) is 31.1. The zero-order chi connectivity index (χ0) is 93.3. The van der Waals surface area contributed by atoms with E-state index in [2.05, 4.69) is 63.8 Å². The fraction of sp³-hybridized carbons (Fsp3) is 0.484. The van der Waals surface area contributed by atoms with Crippen LogP contribution in [0.5, 0.6) is 0 Å². The molecule has 3 aliphatic heterocycles. The van der Waals surface area contributed by atoms with E-state index >= 15 is 14.4 Å². The lowest BCUT2D eigenvalue weighted by atomic mass is 9.98. The summed E-state index contributed by atoms with van der Waals surface area (Å²) < 4.78 is 0. The van der Waals surface area contributed by atoms with Crippen molar-refractivity contribution in [2.45, 2.75) is 204 Å². The van der Waals surface area contributed by atoms with Gasteiger partial charge < -0.3 is 101 Å². The Balaban J connectivity index is 1.18. The zero-order valence-corrected chi connectivity index (χ0v) is 74.3. The fourth-order valence-electron chi connectivity index (χ4n) is 15.4. The Labute approximate surface area is 749 Å². The van der Waals surface area contributed by atoms with Crippen molar-refractivity contribution in [3.05, 3.63) is 156 Å². The van der Waals surface area contributed by atoms with Gasteiger partial charge in [0.15, 0.2) is 5.96 Å². The number of rotatable bonds is 25. The molecule has 690 valence electrons. The van der Waals surface area contributed by atoms with Gasteiger partial charge in [0.05, 0.1) is 25.3 Å². The summed E-state index contributed by atoms with van der Waals surface area (Å²) in [6.45, 7) is 8.86. The highest BCUT2D eigenvalue weighted by atomic mass is 32.2. The summed E-state index contributed by atoms with van der Waals surface area (Å²) in [5.74, 6) is -17.4. The van der Waals surface area contributed by atoms with Gasteiger partial charge in [0.2, 0.25) is 88.6 Å². The number of carbonyl (C=O) groups is 16. The number of carboxylic acid groups (broad SMARTS) is 1. The van der Waals surface area contributed by atoms with Gasteiger partial charge in [0.25, 0.3) is 0 Å². The highest BCUT2D eigenvalue weighted by molar-refractivity contribution is 8.00. The molecule has 0 saturated carbocycles. The van der Waals surface area contributed by atoms with Gasteiger partial charge in [-0.15, -0.1) is 11.8 Å². The third-order valence-electron chi connectivity index (χ3n) is 22.3. The van der Waals surface area contributed by atoms with E-state index in [4.69, 9.17) is 22.6 Å². The van der Waals surface area contributed by atoms with Crippen LogP contribution in [0.4, 0.5) is 0 Å². The molecule has 3 fully saturated rings. The number of hydrogen-bond donors (Lipinski definition) is 17. The number of amides is 15. The summed E-state index contributed by atoms with van der Waals surface area (Å²) in [6.07, 6.45) is -0.462. The first kappa shape index (κ1) is 101. The minimum atomic E-state index is -1.90. The van der Waals surface area contributed by atoms with E-state index in [1.165, 1.54) is 16.8 Å². The number of carbonyl (C=O) groups excluding carboxylic acids is 15. The molecule has 0 aromatic heterocycles. The van der Waals surface area contributed by atoms with Crippen LogP contribution in [-0.4, -0.2) is 251 Å². The first-order valence-electron chi connectivity index (χ1n) is 43.4. The quantitative estimate of drug-likeness (QED) is 0.0219. The Morgan fingerprint density at radius 3 is 1.45 bits per heavy atom. The van der Waals surface area contributed by atoms with E-state index in [1.807, 2.05) is 84.9 Å². The van der Waals surface area contributed by atoms with Crippen molar-refractivity contribution < 1.29 is 81.8 Å². The SMILES string of the molecule is CC(C)C[C@@H]1NC(=O)[C@H](CCCCN)NC(=O)[C@H](C(C)C)NC(=O)[C@@H]2CCCN2C(=O)[C@H](C(C)C)NC(=O)[C@H](CCCNC(=N)N)NC(=O)[C@H](CC(=O)O)NC(=O)[C@@H]2CCCN2C(=O)CN(C)C(=O)[C@H](Cc2ccc(-c3ccccc3)cc2)NC(=O)[C@H](Cc2ccc(-c3ccccc3)cc2)NC(=O)[C@H](Cc2ccccc2)NC(=O)CSC[C@@H](C(=O)NCC(N)=O)NC1=O. The van der Waals surface area contributed by atoms with Crippen molar-refractivity contribution in [1.82, 2.24) is 78.5 Å². The van der Waals surface area contributed by atoms with Crippen LogP contribution >= 0.6 is 11.8 Å². The van der Waals surface area contributed by atoms with Crippen molar-refractivity contribution in [1.29, 1.82) is 5.41 Å². The Morgan fingerprint density at radius 1 is 0.477 bits per heavy atom. The first-order chi connectivity index (χ1) is 61.1. The summed E-state index contributed by atoms with van der Waals surface area (Å²) in [5, 5.41) is 50.3. The molecule has 20 N–H and O–H groups in total. The average molecular weight is 1790 g/mol. The monoisotopic (exact) mass is 1790 g/mol. The highest BCUT2D eigenvalue weighted by Crippen LogP contribution is 2.26. The Hall–Kier alpha value is -12.8. The van der Waals surface area contributed by atoms with Crippen LogP contribution < -0.4 is 81.0 Å². The molecule has 0 bridgehead atoms. The van der Waals surface area contributed by atoms with Crippen LogP contribution in [0.15, 0.2) is 140 Å². The van der Waals surface area contributed by atoms with E-state index in [9.17, 15) is 67.4 Å². The van der Waals surface area contributed by atoms with Crippen LogP contribution in [0.25, 0.3) is 22.3 Å². The molecule has 5 aromatic rings. The molecule has 8 rings (SSSR count). The van der Waals surface area contributed by atoms with Gasteiger partial charge in [-0.2, -0.15) is 0 Å². The Kier molecular flexibility index (Phi) is 39.2. The standard InChI is InChI=1S/C91H123N19O17S/c1-53(2)44-65-82(119)105-70(79(116)97-49-73(93)111)51-128-52-74(112)98-66(45-56-22-11-8-12-23-56)83(120)102-67(46-57-32-36-61(37-33-57)59-24-13-9-14-25-59)84(121)104-69(47-58-34-38-62(39-35-58)60-26-15-10-16-27-60)89(126)108(7)50-75(113)109-42-20-30-71(109)86(123)103-68(48-76(114)115)85(122)99-64(29-19-41-96-91(94)95)81(118)107-78(55(5)6)90(127)110-43-21-31-72(110)87(124)106-77(54(3)4)88(125)100-63(80(117)101-65)28-17-18-40-92/h8-16,22-27,32-39,53-55,63-72,77-78H,17-21,28-31,40-52,92H2,1-7H3,(H2,93,111)(H,97,116)(H,98,112)(H,99,122)(H,100,125)(H,101,117)(H,102,120)(H,103,123)(H,104,121)(H,105,119)(H,106,124)(H,107,118)(H,114,115)(H4,94,95,96)/t63-,64-,65-,66-,67-,68-,69-,70-,71-,72-,77-,78-/m0/s1. The van der Waals surface area contributed by atoms with Crippen molar-refractivity contribution in [3.63, 3.8) is 0 Å². The van der Waals surface area contributed by atoms with Crippen molar-refractivity contribution in [3.8, 4) is 22.3 Å². The average Bonchev–Trinajstić information content (AvgIpc) is 1.64. The lowest BCUT2D eigenvalue weighted by Gasteiger charge is -2.33. The molecule has 3 heterocycles. The molecule has 3 aliphatic rings. The van der Waals surface area contributed by atoms with Crippen LogP contribution in [0.2, 0.25) is 0 Å². The number of carboxylic acids is 1. The van der Waals surface area contributed by atoms with Crippen molar-refractivity contribution in [2.75, 3.05) is 57.8 Å². The Morgan fingerprint density at radius 2 is 0.914 bits per heavy atom. The molecular weight excluding hydrogens is 1660 g/mol. The summed E-state index contributed by atoms with van der Waals surface area (Å²) >= 11 is 0.846. The molecule has 0 radical (unpaired) electrons. The second kappa shape index (κ2) is 49.9. The van der Waals surface area contributed by atoms with Gasteiger partial charge in [-0.3, -0.25) is 82.1 Å². The number of guanidine groups is 1. The van der Waals surface area contributed by atoms with E-state index in [0.717, 1.165) is 38.9 Å². The first-order valence-corrected chi connectivity index (χ1v) is 44.6. The predicted molar refractivity (Wildman–Crippen MR) is 481 cm³/mol. The summed E-state index contributed by atoms with van der Waals surface area (Å²) in [4.78, 5) is 236. The van der Waals surface area contributed by atoms with Crippen LogP contribution in [-0.2, 0) is 96.0 Å². The summed E-state index contributed by atoms with van der Waals surface area (Å²) in [5.41, 5.74) is 22.0. The molecule has 128 heavy (non-hydrogen) atoms. The molecule has 37 heteroatoms. The molecule has 3 saturated heterocycles. The number of aliphatic carboxylic acids is 1. The molecule has 0 unspecified atom stereocenters. The largest absolute Gasteiger partial charge is 0.481 e. The normalized spacial score (nSPS) is 23.2. The maximum Gasteiger partial charge on any atom is 0.305 e. The van der Waals surface area contributed by atoms with E-state index in [1.54, 1.807) is 96.1 Å². The smallest absolute Gasteiger partial charge is 0.305 e. The predicted octanol–water partition coefficient (Wildman–Crippen LogP) is 0.910. The number of thioether (sulfide) groups is 1. The topological polar surface area (TPSA) is 549 Å². The molecule has 0 spiro atoms. The van der Waals surface area contributed by atoms with Crippen LogP contribution in [0, 0.1) is 23.2 Å². The molecule has 15 amide bonds. The number of nitrogens with one attached hydrogen (secondary N) is 13. The van der Waals surface area contributed by atoms with Gasteiger partial charge in [-0.1, -0.05) is 181 Å². The lowest BCUT2D eigenvalue weighted by Crippen LogP contribution is -2.61.